The van der Waals surface area contributed by atoms with Gasteiger partial charge in [0.15, 0.2) is 0 Å². The van der Waals surface area contributed by atoms with E-state index in [0.29, 0.717) is 6.54 Å². The lowest BCUT2D eigenvalue weighted by Gasteiger charge is -2.09. The van der Waals surface area contributed by atoms with E-state index >= 15 is 0 Å². The molecular formula is C11H12N4O2. The maximum atomic E-state index is 10.5. The fourth-order valence-electron chi connectivity index (χ4n) is 1.56. The lowest BCUT2D eigenvalue weighted by molar-refractivity contribution is -0.389. The van der Waals surface area contributed by atoms with Crippen LogP contribution in [0.25, 0.3) is 0 Å². The number of hydrogen-bond acceptors (Lipinski definition) is 4. The third-order valence-corrected chi connectivity index (χ3v) is 2.43. The van der Waals surface area contributed by atoms with Gasteiger partial charge in [-0.15, -0.1) is 0 Å². The van der Waals surface area contributed by atoms with E-state index in [-0.39, 0.29) is 11.9 Å². The minimum absolute atomic E-state index is 0.162. The van der Waals surface area contributed by atoms with Gasteiger partial charge in [0.05, 0.1) is 29.9 Å². The highest BCUT2D eigenvalue weighted by Crippen LogP contribution is 2.13. The van der Waals surface area contributed by atoms with Gasteiger partial charge in [0.2, 0.25) is 0 Å². The molecule has 0 spiro atoms. The Morgan fingerprint density at radius 2 is 2.06 bits per heavy atom. The minimum Gasteiger partial charge on any atom is -0.358 e. The molecule has 1 aromatic carbocycles. The lowest BCUT2D eigenvalue weighted by Crippen LogP contribution is -2.17. The van der Waals surface area contributed by atoms with Crippen LogP contribution in [-0.4, -0.2) is 14.7 Å². The van der Waals surface area contributed by atoms with Crippen LogP contribution in [0.4, 0.5) is 5.82 Å². The fraction of sp³-hybridized carbons (Fsp3) is 0.182. The number of rotatable bonds is 4. The maximum Gasteiger partial charge on any atom is 0.389 e. The molecular weight excluding hydrogens is 220 g/mol. The van der Waals surface area contributed by atoms with E-state index in [9.17, 15) is 10.1 Å². The molecule has 2 aromatic rings. The Balaban J connectivity index is 2.08. The highest BCUT2D eigenvalue weighted by Gasteiger charge is 2.13. The number of aromatic nitrogens is 2. The van der Waals surface area contributed by atoms with Gasteiger partial charge in [-0.3, -0.25) is 0 Å². The second kappa shape index (κ2) is 4.75. The number of nitro groups is 1. The predicted octanol–water partition coefficient (Wildman–Crippen LogP) is 1.49. The Labute approximate surface area is 97.8 Å². The first-order chi connectivity index (χ1) is 8.16. The van der Waals surface area contributed by atoms with E-state index < -0.39 is 4.92 Å². The maximum absolute atomic E-state index is 10.5. The van der Waals surface area contributed by atoms with Gasteiger partial charge < -0.3 is 15.8 Å². The van der Waals surface area contributed by atoms with Crippen molar-refractivity contribution in [1.29, 1.82) is 0 Å². The van der Waals surface area contributed by atoms with Crippen LogP contribution in [0.5, 0.6) is 0 Å². The van der Waals surface area contributed by atoms with Gasteiger partial charge in [-0.05, 0) is 10.5 Å². The van der Waals surface area contributed by atoms with Crippen molar-refractivity contribution in [2.45, 2.75) is 12.6 Å². The van der Waals surface area contributed by atoms with E-state index in [4.69, 9.17) is 5.73 Å². The SMILES string of the molecule is NC(Cn1ccc([N+](=O)[O-])n1)c1ccccc1. The summed E-state index contributed by atoms with van der Waals surface area (Å²) in [6, 6.07) is 10.7. The Morgan fingerprint density at radius 3 is 2.65 bits per heavy atom. The molecule has 6 heteroatoms. The summed E-state index contributed by atoms with van der Waals surface area (Å²) in [5.41, 5.74) is 6.96. The Morgan fingerprint density at radius 1 is 1.35 bits per heavy atom. The molecule has 17 heavy (non-hydrogen) atoms. The molecule has 0 bridgehead atoms. The largest absolute Gasteiger partial charge is 0.389 e. The summed E-state index contributed by atoms with van der Waals surface area (Å²) in [6.45, 7) is 0.415. The summed E-state index contributed by atoms with van der Waals surface area (Å²) in [5.74, 6) is -0.162. The van der Waals surface area contributed by atoms with Crippen molar-refractivity contribution < 1.29 is 4.92 Å². The van der Waals surface area contributed by atoms with Crippen molar-refractivity contribution in [2.24, 2.45) is 5.73 Å². The fourth-order valence-corrected chi connectivity index (χ4v) is 1.56. The first-order valence-electron chi connectivity index (χ1n) is 5.15. The second-order valence-corrected chi connectivity index (χ2v) is 3.67. The molecule has 1 atom stereocenters. The predicted molar refractivity (Wildman–Crippen MR) is 62.3 cm³/mol. The number of benzene rings is 1. The van der Waals surface area contributed by atoms with Crippen LogP contribution in [0.1, 0.15) is 11.6 Å². The molecule has 0 fully saturated rings. The monoisotopic (exact) mass is 232 g/mol. The van der Waals surface area contributed by atoms with Crippen molar-refractivity contribution in [3.05, 3.63) is 58.3 Å². The number of nitrogens with zero attached hydrogens (tertiary/aromatic N) is 3. The Kier molecular flexibility index (Phi) is 3.15. The topological polar surface area (TPSA) is 87.0 Å². The van der Waals surface area contributed by atoms with Crippen molar-refractivity contribution >= 4 is 5.82 Å². The summed E-state index contributed by atoms with van der Waals surface area (Å²) < 4.78 is 1.48. The summed E-state index contributed by atoms with van der Waals surface area (Å²) in [4.78, 5) is 9.95. The summed E-state index contributed by atoms with van der Waals surface area (Å²) in [7, 11) is 0. The van der Waals surface area contributed by atoms with Gasteiger partial charge >= 0.3 is 5.82 Å². The highest BCUT2D eigenvalue weighted by molar-refractivity contribution is 5.19. The van der Waals surface area contributed by atoms with Crippen LogP contribution in [-0.2, 0) is 6.54 Å². The van der Waals surface area contributed by atoms with Crippen LogP contribution in [0.2, 0.25) is 0 Å². The molecule has 0 aliphatic rings. The van der Waals surface area contributed by atoms with E-state index in [1.807, 2.05) is 30.3 Å². The third kappa shape index (κ3) is 2.67. The summed E-state index contributed by atoms with van der Waals surface area (Å²) >= 11 is 0. The summed E-state index contributed by atoms with van der Waals surface area (Å²) in [6.07, 6.45) is 1.56. The van der Waals surface area contributed by atoms with Gasteiger partial charge in [-0.2, -0.15) is 4.68 Å². The quantitative estimate of drug-likeness (QED) is 0.639. The zero-order valence-electron chi connectivity index (χ0n) is 9.06. The van der Waals surface area contributed by atoms with Gasteiger partial charge in [0, 0.05) is 0 Å². The van der Waals surface area contributed by atoms with Crippen molar-refractivity contribution in [2.75, 3.05) is 0 Å². The second-order valence-electron chi connectivity index (χ2n) is 3.67. The molecule has 0 saturated carbocycles. The van der Waals surface area contributed by atoms with Crippen molar-refractivity contribution in [1.82, 2.24) is 9.78 Å². The molecule has 88 valence electrons. The van der Waals surface area contributed by atoms with Crippen LogP contribution < -0.4 is 5.73 Å². The molecule has 2 rings (SSSR count). The standard InChI is InChI=1S/C11H12N4O2/c12-10(9-4-2-1-3-5-9)8-14-7-6-11(13-14)15(16)17/h1-7,10H,8,12H2. The van der Waals surface area contributed by atoms with Crippen LogP contribution in [0, 0.1) is 10.1 Å². The average molecular weight is 232 g/mol. The Hall–Kier alpha value is -2.21. The van der Waals surface area contributed by atoms with E-state index in [1.165, 1.54) is 10.7 Å². The molecule has 1 heterocycles. The Bertz CT molecular complexity index is 509. The molecule has 2 N–H and O–H groups in total. The van der Waals surface area contributed by atoms with Crippen molar-refractivity contribution in [3.8, 4) is 0 Å². The molecule has 0 saturated heterocycles. The minimum atomic E-state index is -0.523. The number of nitrogens with two attached hydrogens (primary N) is 1. The smallest absolute Gasteiger partial charge is 0.358 e. The van der Waals surface area contributed by atoms with E-state index in [0.717, 1.165) is 5.56 Å². The average Bonchev–Trinajstić information content (AvgIpc) is 2.79. The molecule has 1 unspecified atom stereocenters. The lowest BCUT2D eigenvalue weighted by atomic mass is 10.1. The zero-order valence-corrected chi connectivity index (χ0v) is 9.06. The molecule has 1 aromatic heterocycles. The van der Waals surface area contributed by atoms with Gasteiger partial charge in [0.25, 0.3) is 0 Å². The van der Waals surface area contributed by atoms with Crippen LogP contribution in [0.3, 0.4) is 0 Å². The first-order valence-corrected chi connectivity index (χ1v) is 5.15. The third-order valence-electron chi connectivity index (χ3n) is 2.43. The molecule has 0 radical (unpaired) electrons. The van der Waals surface area contributed by atoms with Crippen LogP contribution >= 0.6 is 0 Å². The molecule has 0 aliphatic carbocycles. The van der Waals surface area contributed by atoms with Gasteiger partial charge in [0.1, 0.15) is 0 Å². The normalized spacial score (nSPS) is 12.3. The van der Waals surface area contributed by atoms with Gasteiger partial charge in [-0.25, -0.2) is 0 Å². The molecule has 6 nitrogen and oxygen atoms in total. The van der Waals surface area contributed by atoms with Crippen molar-refractivity contribution in [3.63, 3.8) is 0 Å². The first kappa shape index (κ1) is 11.3. The van der Waals surface area contributed by atoms with E-state index in [2.05, 4.69) is 5.10 Å². The van der Waals surface area contributed by atoms with Gasteiger partial charge in [-0.1, -0.05) is 30.3 Å². The van der Waals surface area contributed by atoms with E-state index in [1.54, 1.807) is 6.20 Å². The molecule has 0 amide bonds. The molecule has 0 aliphatic heterocycles. The number of hydrogen-bond donors (Lipinski definition) is 1. The van der Waals surface area contributed by atoms with Crippen LogP contribution in [0.15, 0.2) is 42.6 Å². The summed E-state index contributed by atoms with van der Waals surface area (Å²) in [5, 5.41) is 14.3. The highest BCUT2D eigenvalue weighted by atomic mass is 16.6. The zero-order chi connectivity index (χ0) is 12.3.